The van der Waals surface area contributed by atoms with Gasteiger partial charge >= 0.3 is 0 Å². The first kappa shape index (κ1) is 11.1. The van der Waals surface area contributed by atoms with Crippen LogP contribution in [0.5, 0.6) is 0 Å². The van der Waals surface area contributed by atoms with Crippen LogP contribution < -0.4 is 11.1 Å². The topological polar surface area (TPSA) is 55.9 Å². The summed E-state index contributed by atoms with van der Waals surface area (Å²) in [7, 11) is 1.99. The van der Waals surface area contributed by atoms with E-state index in [1.165, 1.54) is 0 Å². The van der Waals surface area contributed by atoms with Crippen molar-refractivity contribution in [2.75, 3.05) is 13.1 Å². The van der Waals surface area contributed by atoms with Gasteiger partial charge in [0.15, 0.2) is 0 Å². The summed E-state index contributed by atoms with van der Waals surface area (Å²) in [4.78, 5) is 4.33. The Balaban J connectivity index is 2.25. The minimum atomic E-state index is 0.0337. The van der Waals surface area contributed by atoms with Crippen molar-refractivity contribution in [3.63, 3.8) is 0 Å². The van der Waals surface area contributed by atoms with Crippen molar-refractivity contribution in [3.8, 4) is 0 Å². The van der Waals surface area contributed by atoms with Crippen LogP contribution in [0.15, 0.2) is 24.5 Å². The van der Waals surface area contributed by atoms with Crippen molar-refractivity contribution in [2.45, 2.75) is 13.0 Å². The lowest BCUT2D eigenvalue weighted by Crippen LogP contribution is -2.26. The van der Waals surface area contributed by atoms with Gasteiger partial charge in [0.25, 0.3) is 0 Å². The Hall–Kier alpha value is -1.39. The molecule has 1 unspecified atom stereocenters. The molecular weight excluding hydrogens is 200 g/mol. The standard InChI is InChI=1S/C12H18N4/c1-3-14-7-10(13)9-4-5-12-11(6-9)15-8-16(12)2/h4-6,8,10,14H,3,7,13H2,1-2H3. The molecule has 0 radical (unpaired) electrons. The number of imidazole rings is 1. The van der Waals surface area contributed by atoms with Gasteiger partial charge in [-0.05, 0) is 24.2 Å². The maximum absolute atomic E-state index is 6.08. The van der Waals surface area contributed by atoms with Gasteiger partial charge in [0, 0.05) is 19.6 Å². The Bertz CT molecular complexity index is 475. The third kappa shape index (κ3) is 2.08. The highest BCUT2D eigenvalue weighted by Gasteiger charge is 2.07. The number of likely N-dealkylation sites (N-methyl/N-ethyl adjacent to an activating group) is 1. The van der Waals surface area contributed by atoms with E-state index in [-0.39, 0.29) is 6.04 Å². The van der Waals surface area contributed by atoms with Gasteiger partial charge in [0.2, 0.25) is 0 Å². The second kappa shape index (κ2) is 4.63. The van der Waals surface area contributed by atoms with E-state index >= 15 is 0 Å². The van der Waals surface area contributed by atoms with E-state index in [0.29, 0.717) is 0 Å². The number of hydrogen-bond donors (Lipinski definition) is 2. The maximum Gasteiger partial charge on any atom is 0.0955 e. The minimum absolute atomic E-state index is 0.0337. The normalized spacial score (nSPS) is 13.2. The number of aryl methyl sites for hydroxylation is 1. The number of nitrogens with one attached hydrogen (secondary N) is 1. The molecule has 4 nitrogen and oxygen atoms in total. The van der Waals surface area contributed by atoms with Crippen molar-refractivity contribution in [1.82, 2.24) is 14.9 Å². The zero-order valence-electron chi connectivity index (χ0n) is 9.77. The lowest BCUT2D eigenvalue weighted by atomic mass is 10.1. The molecule has 1 atom stereocenters. The molecule has 2 aromatic rings. The van der Waals surface area contributed by atoms with E-state index in [1.54, 1.807) is 0 Å². The van der Waals surface area contributed by atoms with Crippen LogP contribution in [0.25, 0.3) is 11.0 Å². The fourth-order valence-electron chi connectivity index (χ4n) is 1.80. The predicted molar refractivity (Wildman–Crippen MR) is 66.2 cm³/mol. The molecule has 0 saturated carbocycles. The van der Waals surface area contributed by atoms with Gasteiger partial charge in [0.1, 0.15) is 0 Å². The Kier molecular flexibility index (Phi) is 3.22. The molecule has 1 heterocycles. The SMILES string of the molecule is CCNCC(N)c1ccc2c(c1)ncn2C. The van der Waals surface area contributed by atoms with Gasteiger partial charge in [-0.2, -0.15) is 0 Å². The van der Waals surface area contributed by atoms with Crippen molar-refractivity contribution in [2.24, 2.45) is 12.8 Å². The number of hydrogen-bond acceptors (Lipinski definition) is 3. The average molecular weight is 218 g/mol. The Morgan fingerprint density at radius 1 is 1.50 bits per heavy atom. The summed E-state index contributed by atoms with van der Waals surface area (Å²) < 4.78 is 2.01. The third-order valence-corrected chi connectivity index (χ3v) is 2.79. The maximum atomic E-state index is 6.08. The second-order valence-corrected chi connectivity index (χ2v) is 4.02. The van der Waals surface area contributed by atoms with Crippen LogP contribution in [-0.2, 0) is 7.05 Å². The van der Waals surface area contributed by atoms with E-state index in [2.05, 4.69) is 35.4 Å². The monoisotopic (exact) mass is 218 g/mol. The van der Waals surface area contributed by atoms with Crippen molar-refractivity contribution in [1.29, 1.82) is 0 Å². The number of nitrogens with two attached hydrogens (primary N) is 1. The van der Waals surface area contributed by atoms with Crippen molar-refractivity contribution < 1.29 is 0 Å². The fourth-order valence-corrected chi connectivity index (χ4v) is 1.80. The Morgan fingerprint density at radius 2 is 2.31 bits per heavy atom. The summed E-state index contributed by atoms with van der Waals surface area (Å²) in [6, 6.07) is 6.25. The van der Waals surface area contributed by atoms with Crippen LogP contribution in [0.2, 0.25) is 0 Å². The summed E-state index contributed by atoms with van der Waals surface area (Å²) in [5.74, 6) is 0. The first-order chi connectivity index (χ1) is 7.72. The molecule has 4 heteroatoms. The van der Waals surface area contributed by atoms with E-state index in [0.717, 1.165) is 29.7 Å². The molecule has 86 valence electrons. The summed E-state index contributed by atoms with van der Waals surface area (Å²) >= 11 is 0. The molecule has 0 spiro atoms. The molecule has 0 aliphatic carbocycles. The van der Waals surface area contributed by atoms with Crippen molar-refractivity contribution >= 4 is 11.0 Å². The number of benzene rings is 1. The third-order valence-electron chi connectivity index (χ3n) is 2.79. The Labute approximate surface area is 95.5 Å². The molecule has 3 N–H and O–H groups in total. The van der Waals surface area contributed by atoms with Crippen LogP contribution in [0.4, 0.5) is 0 Å². The van der Waals surface area contributed by atoms with E-state index in [1.807, 2.05) is 17.9 Å². The molecule has 1 aromatic heterocycles. The minimum Gasteiger partial charge on any atom is -0.334 e. The average Bonchev–Trinajstić information content (AvgIpc) is 2.67. The largest absolute Gasteiger partial charge is 0.334 e. The highest BCUT2D eigenvalue weighted by atomic mass is 15.0. The highest BCUT2D eigenvalue weighted by molar-refractivity contribution is 5.76. The van der Waals surface area contributed by atoms with Gasteiger partial charge < -0.3 is 15.6 Å². The van der Waals surface area contributed by atoms with Crippen molar-refractivity contribution in [3.05, 3.63) is 30.1 Å². The number of rotatable bonds is 4. The summed E-state index contributed by atoms with van der Waals surface area (Å²) in [6.45, 7) is 3.82. The van der Waals surface area contributed by atoms with Gasteiger partial charge in [-0.1, -0.05) is 13.0 Å². The van der Waals surface area contributed by atoms with Crippen LogP contribution in [0.1, 0.15) is 18.5 Å². The lowest BCUT2D eigenvalue weighted by Gasteiger charge is -2.12. The van der Waals surface area contributed by atoms with Gasteiger partial charge in [-0.25, -0.2) is 4.98 Å². The highest BCUT2D eigenvalue weighted by Crippen LogP contribution is 2.17. The summed E-state index contributed by atoms with van der Waals surface area (Å²) in [5.41, 5.74) is 9.36. The zero-order valence-corrected chi connectivity index (χ0v) is 9.77. The summed E-state index contributed by atoms with van der Waals surface area (Å²) in [5, 5.41) is 3.25. The van der Waals surface area contributed by atoms with Crippen LogP contribution in [0.3, 0.4) is 0 Å². The van der Waals surface area contributed by atoms with Gasteiger partial charge in [-0.15, -0.1) is 0 Å². The molecule has 0 aliphatic heterocycles. The molecule has 0 bridgehead atoms. The smallest absolute Gasteiger partial charge is 0.0955 e. The molecule has 2 rings (SSSR count). The molecule has 16 heavy (non-hydrogen) atoms. The second-order valence-electron chi connectivity index (χ2n) is 4.02. The lowest BCUT2D eigenvalue weighted by molar-refractivity contribution is 0.616. The molecule has 0 saturated heterocycles. The zero-order chi connectivity index (χ0) is 11.5. The van der Waals surface area contributed by atoms with Gasteiger partial charge in [0.05, 0.1) is 17.4 Å². The molecule has 0 aliphatic rings. The van der Waals surface area contributed by atoms with Crippen LogP contribution in [-0.4, -0.2) is 22.6 Å². The van der Waals surface area contributed by atoms with Crippen LogP contribution in [0, 0.1) is 0 Å². The Morgan fingerprint density at radius 3 is 3.06 bits per heavy atom. The number of nitrogens with zero attached hydrogens (tertiary/aromatic N) is 2. The summed E-state index contributed by atoms with van der Waals surface area (Å²) in [6.07, 6.45) is 1.82. The first-order valence-corrected chi connectivity index (χ1v) is 5.59. The van der Waals surface area contributed by atoms with E-state index in [4.69, 9.17) is 5.73 Å². The number of fused-ring (bicyclic) bond motifs is 1. The molecule has 1 aromatic carbocycles. The first-order valence-electron chi connectivity index (χ1n) is 5.59. The fraction of sp³-hybridized carbons (Fsp3) is 0.417. The van der Waals surface area contributed by atoms with E-state index in [9.17, 15) is 0 Å². The number of aromatic nitrogens is 2. The quantitative estimate of drug-likeness (QED) is 0.810. The van der Waals surface area contributed by atoms with Crippen LogP contribution >= 0.6 is 0 Å². The van der Waals surface area contributed by atoms with E-state index < -0.39 is 0 Å². The molecule has 0 fully saturated rings. The molecule has 0 amide bonds. The molecular formula is C12H18N4. The van der Waals surface area contributed by atoms with Gasteiger partial charge in [-0.3, -0.25) is 0 Å². The predicted octanol–water partition coefficient (Wildman–Crippen LogP) is 1.18.